The molecule has 0 atom stereocenters. The molecular weight excluding hydrogens is 154 g/mol. The summed E-state index contributed by atoms with van der Waals surface area (Å²) in [4.78, 5) is 10.7. The Morgan fingerprint density at radius 3 is 2.60 bits per heavy atom. The van der Waals surface area contributed by atoms with Gasteiger partial charge in [0.05, 0.1) is 0 Å². The second kappa shape index (κ2) is 2.94. The van der Waals surface area contributed by atoms with Gasteiger partial charge in [-0.3, -0.25) is 0 Å². The van der Waals surface area contributed by atoms with Crippen LogP contribution in [0.5, 0.6) is 0 Å². The van der Waals surface area contributed by atoms with Crippen LogP contribution in [0.3, 0.4) is 0 Å². The van der Waals surface area contributed by atoms with Crippen molar-refractivity contribution in [2.24, 2.45) is 0 Å². The van der Waals surface area contributed by atoms with Gasteiger partial charge in [-0.2, -0.15) is 19.6 Å². The fourth-order valence-corrected chi connectivity index (χ4v) is 0.466. The van der Waals surface area contributed by atoms with Gasteiger partial charge in [-0.05, 0) is 0 Å². The van der Waals surface area contributed by atoms with Gasteiger partial charge >= 0.3 is 0 Å². The van der Waals surface area contributed by atoms with Crippen LogP contribution < -0.4 is 4.42 Å². The van der Waals surface area contributed by atoms with Gasteiger partial charge in [-0.25, -0.2) is 4.98 Å². The van der Waals surface area contributed by atoms with Crippen LogP contribution in [0.25, 0.3) is 0 Å². The number of halogens is 1. The van der Waals surface area contributed by atoms with Crippen molar-refractivity contribution >= 4 is 17.7 Å². The molecule has 0 saturated heterocycles. The minimum atomic E-state index is 0.124. The molecule has 0 aromatic carbocycles. The Labute approximate surface area is 62.0 Å². The first-order chi connectivity index (χ1) is 4.84. The van der Waals surface area contributed by atoms with E-state index in [9.17, 15) is 0 Å². The summed E-state index contributed by atoms with van der Waals surface area (Å²) in [6, 6.07) is 0. The van der Waals surface area contributed by atoms with Gasteiger partial charge in [0.25, 0.3) is 5.95 Å². The summed E-state index contributed by atoms with van der Waals surface area (Å²) < 4.78 is 0.724. The molecule has 0 N–H and O–H groups in total. The van der Waals surface area contributed by atoms with Gasteiger partial charge in [0.15, 0.2) is 0 Å². The Hall–Kier alpha value is -1.41. The topological polar surface area (TPSA) is 65.7 Å². The Morgan fingerprint density at radius 1 is 1.50 bits per heavy atom. The molecule has 0 aliphatic rings. The zero-order valence-corrected chi connectivity index (χ0v) is 5.52. The van der Waals surface area contributed by atoms with Crippen molar-refractivity contribution in [1.82, 2.24) is 15.0 Å². The second-order valence-corrected chi connectivity index (χ2v) is 1.66. The third-order valence-corrected chi connectivity index (χ3v) is 0.970. The highest BCUT2D eigenvalue weighted by atomic mass is 35.5. The van der Waals surface area contributed by atoms with Gasteiger partial charge in [-0.1, -0.05) is 0 Å². The number of rotatable bonds is 1. The fourth-order valence-electron chi connectivity index (χ4n) is 0.379. The molecule has 0 fully saturated rings. The van der Waals surface area contributed by atoms with Crippen LogP contribution in [0.1, 0.15) is 0 Å². The van der Waals surface area contributed by atoms with Crippen molar-refractivity contribution in [2.75, 3.05) is 4.42 Å². The van der Waals surface area contributed by atoms with E-state index < -0.39 is 0 Å². The Kier molecular flexibility index (Phi) is 1.97. The summed E-state index contributed by atoms with van der Waals surface area (Å²) in [7, 11) is 0. The molecule has 0 saturated carbocycles. The molecule has 1 aromatic heterocycles. The molecule has 0 bridgehead atoms. The normalized spacial score (nSPS) is 8.40. The quantitative estimate of drug-likeness (QED) is 0.332. The van der Waals surface area contributed by atoms with E-state index in [1.165, 1.54) is 12.7 Å². The van der Waals surface area contributed by atoms with Crippen molar-refractivity contribution in [1.29, 1.82) is 5.26 Å². The number of hydrogen-bond acceptors (Lipinski definition) is 5. The molecule has 1 rings (SSSR count). The molecule has 0 spiro atoms. The number of nitrogens with zero attached hydrogens (tertiary/aromatic N) is 5. The second-order valence-electron chi connectivity index (χ2n) is 1.32. The Balaban J connectivity index is 2.88. The highest BCUT2D eigenvalue weighted by Crippen LogP contribution is 2.03. The maximum Gasteiger partial charge on any atom is 0.257 e. The average molecular weight is 156 g/mol. The number of aromatic nitrogens is 3. The van der Waals surface area contributed by atoms with E-state index in [-0.39, 0.29) is 5.95 Å². The minimum Gasteiger partial charge on any atom is -0.225 e. The zero-order valence-electron chi connectivity index (χ0n) is 4.77. The summed E-state index contributed by atoms with van der Waals surface area (Å²) in [5.74, 6) is 0.124. The standard InChI is InChI=1S/C4H2ClN5/c5-10(1-6)4-8-2-7-3-9-4/h2-3H. The van der Waals surface area contributed by atoms with E-state index in [4.69, 9.17) is 17.0 Å². The molecule has 0 radical (unpaired) electrons. The van der Waals surface area contributed by atoms with E-state index in [0.29, 0.717) is 0 Å². The smallest absolute Gasteiger partial charge is 0.225 e. The van der Waals surface area contributed by atoms with Crippen LogP contribution in [-0.2, 0) is 0 Å². The largest absolute Gasteiger partial charge is 0.257 e. The lowest BCUT2D eigenvalue weighted by Gasteiger charge is -1.98. The third kappa shape index (κ3) is 1.30. The Bertz CT molecular complexity index is 242. The summed E-state index contributed by atoms with van der Waals surface area (Å²) in [5, 5.41) is 8.23. The summed E-state index contributed by atoms with van der Waals surface area (Å²) >= 11 is 5.31. The van der Waals surface area contributed by atoms with Gasteiger partial charge in [0.1, 0.15) is 12.7 Å². The molecule has 6 heteroatoms. The van der Waals surface area contributed by atoms with Crippen molar-refractivity contribution in [3.05, 3.63) is 12.7 Å². The minimum absolute atomic E-state index is 0.124. The highest BCUT2D eigenvalue weighted by molar-refractivity contribution is 6.26. The van der Waals surface area contributed by atoms with Crippen LogP contribution in [0, 0.1) is 11.5 Å². The van der Waals surface area contributed by atoms with Crippen LogP contribution in [0.2, 0.25) is 0 Å². The number of hydrogen-bond donors (Lipinski definition) is 0. The first-order valence-corrected chi connectivity index (χ1v) is 2.66. The maximum atomic E-state index is 8.23. The van der Waals surface area contributed by atoms with Crippen LogP contribution >= 0.6 is 11.8 Å². The van der Waals surface area contributed by atoms with Gasteiger partial charge in [0, 0.05) is 11.8 Å². The first-order valence-electron chi connectivity index (χ1n) is 2.32. The lowest BCUT2D eigenvalue weighted by molar-refractivity contribution is 1.03. The van der Waals surface area contributed by atoms with Crippen molar-refractivity contribution in [3.63, 3.8) is 0 Å². The van der Waals surface area contributed by atoms with Crippen LogP contribution in [0.4, 0.5) is 5.95 Å². The average Bonchev–Trinajstić information content (AvgIpc) is 2.05. The summed E-state index contributed by atoms with van der Waals surface area (Å²) in [6.07, 6.45) is 4.15. The van der Waals surface area contributed by atoms with Gasteiger partial charge in [-0.15, -0.1) is 0 Å². The van der Waals surface area contributed by atoms with Gasteiger partial charge in [0.2, 0.25) is 6.19 Å². The first kappa shape index (κ1) is 6.71. The van der Waals surface area contributed by atoms with E-state index >= 15 is 0 Å². The molecule has 0 unspecified atom stereocenters. The lowest BCUT2D eigenvalue weighted by atomic mass is 10.9. The lowest BCUT2D eigenvalue weighted by Crippen LogP contribution is -2.04. The predicted octanol–water partition coefficient (Wildman–Crippen LogP) is 0.313. The molecule has 10 heavy (non-hydrogen) atoms. The summed E-state index contributed by atoms with van der Waals surface area (Å²) in [5.41, 5.74) is 0. The SMILES string of the molecule is N#CN(Cl)c1ncncn1. The molecule has 1 heterocycles. The highest BCUT2D eigenvalue weighted by Gasteiger charge is 2.01. The van der Waals surface area contributed by atoms with Crippen molar-refractivity contribution in [2.45, 2.75) is 0 Å². The van der Waals surface area contributed by atoms with Crippen LogP contribution in [0.15, 0.2) is 12.7 Å². The molecule has 50 valence electrons. The van der Waals surface area contributed by atoms with Crippen molar-refractivity contribution < 1.29 is 0 Å². The molecular formula is C4H2ClN5. The molecule has 5 nitrogen and oxygen atoms in total. The van der Waals surface area contributed by atoms with E-state index in [2.05, 4.69) is 15.0 Å². The molecule has 0 aliphatic heterocycles. The number of nitriles is 1. The Morgan fingerprint density at radius 2 is 2.10 bits per heavy atom. The molecule has 0 amide bonds. The maximum absolute atomic E-state index is 8.23. The third-order valence-electron chi connectivity index (χ3n) is 0.743. The van der Waals surface area contributed by atoms with Crippen LogP contribution in [-0.4, -0.2) is 15.0 Å². The van der Waals surface area contributed by atoms with E-state index in [0.717, 1.165) is 4.42 Å². The van der Waals surface area contributed by atoms with Gasteiger partial charge < -0.3 is 0 Å². The molecule has 0 aliphatic carbocycles. The zero-order chi connectivity index (χ0) is 7.40. The number of anilines is 1. The van der Waals surface area contributed by atoms with E-state index in [1.54, 1.807) is 6.19 Å². The van der Waals surface area contributed by atoms with E-state index in [1.807, 2.05) is 0 Å². The van der Waals surface area contributed by atoms with Crippen molar-refractivity contribution in [3.8, 4) is 6.19 Å². The monoisotopic (exact) mass is 155 g/mol. The predicted molar refractivity (Wildman–Crippen MR) is 33.8 cm³/mol. The summed E-state index contributed by atoms with van der Waals surface area (Å²) in [6.45, 7) is 0. The molecule has 1 aromatic rings. The fraction of sp³-hybridized carbons (Fsp3) is 0.